The van der Waals surface area contributed by atoms with E-state index in [0.29, 0.717) is 0 Å². The third-order valence-corrected chi connectivity index (χ3v) is 0.939. The van der Waals surface area contributed by atoms with Crippen molar-refractivity contribution in [3.8, 4) is 0 Å². The van der Waals surface area contributed by atoms with E-state index in [1.807, 2.05) is 12.2 Å². The minimum absolute atomic E-state index is 0. The van der Waals surface area contributed by atoms with Gasteiger partial charge in [-0.2, -0.15) is 12.5 Å². The zero-order valence-corrected chi connectivity index (χ0v) is 10.6. The second kappa shape index (κ2) is 22.6. The van der Waals surface area contributed by atoms with E-state index < -0.39 is 0 Å². The van der Waals surface area contributed by atoms with Gasteiger partial charge in [0.25, 0.3) is 0 Å². The molecule has 0 unspecified atom stereocenters. The second-order valence-electron chi connectivity index (χ2n) is 1.86. The van der Waals surface area contributed by atoms with Crippen LogP contribution in [-0.2, 0) is 21.7 Å². The van der Waals surface area contributed by atoms with E-state index in [9.17, 15) is 0 Å². The maximum Gasteiger partial charge on any atom is 2.00 e. The van der Waals surface area contributed by atoms with Crippen molar-refractivity contribution in [2.24, 2.45) is 0 Å². The van der Waals surface area contributed by atoms with Crippen molar-refractivity contribution in [3.05, 3.63) is 31.2 Å². The molecule has 1 rings (SSSR count). The van der Waals surface area contributed by atoms with E-state index in [4.69, 9.17) is 0 Å². The fraction of sp³-hybridized carbons (Fsp3) is 0.444. The molecule has 0 nitrogen and oxygen atoms in total. The summed E-state index contributed by atoms with van der Waals surface area (Å²) in [4.78, 5) is 0. The van der Waals surface area contributed by atoms with Crippen molar-refractivity contribution in [3.63, 3.8) is 0 Å². The second-order valence-corrected chi connectivity index (χ2v) is 1.86. The normalized spacial score (nSPS) is 9.83. The molecule has 70 valence electrons. The Kier molecular flexibility index (Phi) is 43.4. The molecule has 0 atom stereocenters. The topological polar surface area (TPSA) is 0 Å². The summed E-state index contributed by atoms with van der Waals surface area (Å²) in [5, 5.41) is 0. The van der Waals surface area contributed by atoms with Crippen molar-refractivity contribution in [2.45, 2.75) is 26.2 Å². The first kappa shape index (κ1) is 23.0. The standard InChI is InChI=1S/C5H5.C4H9.2ClH.Ti/c1-2-4-5-3-1;1-3-4-2;;;/h1-3H,4H2;1,3-4H2,2H3;2*1H;/q2*-1;;;+2. The Morgan fingerprint density at radius 2 is 1.92 bits per heavy atom. The fourth-order valence-corrected chi connectivity index (χ4v) is 0.340. The Morgan fingerprint density at radius 3 is 2.00 bits per heavy atom. The summed E-state index contributed by atoms with van der Waals surface area (Å²) in [6.45, 7) is 5.72. The van der Waals surface area contributed by atoms with Crippen molar-refractivity contribution in [1.82, 2.24) is 0 Å². The number of allylic oxidation sites excluding steroid dienone is 4. The zero-order chi connectivity index (χ0) is 6.95. The van der Waals surface area contributed by atoms with Crippen molar-refractivity contribution >= 4 is 24.8 Å². The molecule has 0 aromatic rings. The molecule has 0 saturated carbocycles. The number of hydrogen-bond acceptors (Lipinski definition) is 0. The Morgan fingerprint density at radius 1 is 1.42 bits per heavy atom. The molecule has 0 fully saturated rings. The molecule has 0 aliphatic heterocycles. The van der Waals surface area contributed by atoms with Crippen LogP contribution in [0.3, 0.4) is 0 Å². The number of hydrogen-bond donors (Lipinski definition) is 0. The molecule has 0 spiro atoms. The molecule has 0 aromatic heterocycles. The summed E-state index contributed by atoms with van der Waals surface area (Å²) in [7, 11) is 0. The smallest absolute Gasteiger partial charge is 0.343 e. The summed E-state index contributed by atoms with van der Waals surface area (Å²) in [6.07, 6.45) is 12.3. The van der Waals surface area contributed by atoms with Gasteiger partial charge >= 0.3 is 21.7 Å². The summed E-state index contributed by atoms with van der Waals surface area (Å²) < 4.78 is 0. The summed E-state index contributed by atoms with van der Waals surface area (Å²) in [6, 6.07) is 0. The molecule has 0 saturated heterocycles. The largest absolute Gasteiger partial charge is 2.00 e. The van der Waals surface area contributed by atoms with Gasteiger partial charge < -0.3 is 6.92 Å². The molecule has 0 aromatic carbocycles. The van der Waals surface area contributed by atoms with Gasteiger partial charge in [-0.25, -0.2) is 12.2 Å². The predicted molar refractivity (Wildman–Crippen MR) is 56.3 cm³/mol. The van der Waals surface area contributed by atoms with Gasteiger partial charge in [-0.05, 0) is 0 Å². The van der Waals surface area contributed by atoms with E-state index in [1.54, 1.807) is 0 Å². The van der Waals surface area contributed by atoms with Crippen LogP contribution < -0.4 is 0 Å². The van der Waals surface area contributed by atoms with Gasteiger partial charge in [0, 0.05) is 0 Å². The van der Waals surface area contributed by atoms with Gasteiger partial charge in [-0.15, -0.1) is 31.2 Å². The maximum atomic E-state index is 3.60. The molecular weight excluding hydrogens is 227 g/mol. The van der Waals surface area contributed by atoms with E-state index in [-0.39, 0.29) is 46.5 Å². The molecule has 1 aliphatic carbocycles. The van der Waals surface area contributed by atoms with E-state index in [2.05, 4.69) is 26.0 Å². The number of rotatable bonds is 1. The van der Waals surface area contributed by atoms with E-state index in [1.165, 1.54) is 6.42 Å². The molecule has 1 aliphatic rings. The zero-order valence-electron chi connectivity index (χ0n) is 7.38. The van der Waals surface area contributed by atoms with Crippen LogP contribution in [0.25, 0.3) is 0 Å². The maximum absolute atomic E-state index is 3.60. The van der Waals surface area contributed by atoms with E-state index in [0.717, 1.165) is 12.8 Å². The molecule has 0 amide bonds. The van der Waals surface area contributed by atoms with Crippen LogP contribution in [-0.4, -0.2) is 0 Å². The van der Waals surface area contributed by atoms with Gasteiger partial charge in [0.1, 0.15) is 0 Å². The monoisotopic (exact) mass is 242 g/mol. The molecule has 3 heteroatoms. The summed E-state index contributed by atoms with van der Waals surface area (Å²) >= 11 is 0. The van der Waals surface area contributed by atoms with Crippen molar-refractivity contribution in [1.29, 1.82) is 0 Å². The molecule has 0 heterocycles. The van der Waals surface area contributed by atoms with E-state index >= 15 is 0 Å². The van der Waals surface area contributed by atoms with Gasteiger partial charge in [0.15, 0.2) is 0 Å². The Bertz CT molecular complexity index is 88.7. The first-order chi connectivity index (χ1) is 4.41. The third kappa shape index (κ3) is 22.4. The van der Waals surface area contributed by atoms with Crippen molar-refractivity contribution in [2.75, 3.05) is 0 Å². The Hall–Kier alpha value is 0.774. The first-order valence-electron chi connectivity index (χ1n) is 3.42. The molecule has 0 N–H and O–H groups in total. The van der Waals surface area contributed by atoms with Crippen LogP contribution in [0, 0.1) is 13.0 Å². The van der Waals surface area contributed by atoms with Gasteiger partial charge in [-0.1, -0.05) is 13.3 Å². The first-order valence-corrected chi connectivity index (χ1v) is 3.42. The average molecular weight is 243 g/mol. The van der Waals surface area contributed by atoms with Crippen LogP contribution in [0.5, 0.6) is 0 Å². The van der Waals surface area contributed by atoms with Crippen LogP contribution in [0.2, 0.25) is 0 Å². The van der Waals surface area contributed by atoms with Crippen LogP contribution in [0.15, 0.2) is 18.2 Å². The molecule has 12 heavy (non-hydrogen) atoms. The van der Waals surface area contributed by atoms with Gasteiger partial charge in [0.2, 0.25) is 0 Å². The number of halogens is 2. The van der Waals surface area contributed by atoms with Gasteiger partial charge in [-0.3, -0.25) is 6.08 Å². The quantitative estimate of drug-likeness (QED) is 0.485. The van der Waals surface area contributed by atoms with Crippen LogP contribution >= 0.6 is 24.8 Å². The number of unbranched alkanes of at least 4 members (excludes halogenated alkanes) is 1. The minimum atomic E-state index is 0. The molecule has 0 bridgehead atoms. The predicted octanol–water partition coefficient (Wildman–Crippen LogP) is 3.77. The van der Waals surface area contributed by atoms with Crippen LogP contribution in [0.1, 0.15) is 26.2 Å². The summed E-state index contributed by atoms with van der Waals surface area (Å²) in [5.74, 6) is 0. The van der Waals surface area contributed by atoms with Crippen molar-refractivity contribution < 1.29 is 21.7 Å². The minimum Gasteiger partial charge on any atom is -0.343 e. The SMILES string of the molecule is Cl.Cl.[C-]1=CC=CC1.[CH2-]CCC.[Ti+2]. The molecule has 0 radical (unpaired) electrons. The fourth-order valence-electron chi connectivity index (χ4n) is 0.340. The Balaban J connectivity index is -0.0000000436. The average Bonchev–Trinajstić information content (AvgIpc) is 2.43. The van der Waals surface area contributed by atoms with Gasteiger partial charge in [0.05, 0.1) is 0 Å². The van der Waals surface area contributed by atoms with Crippen LogP contribution in [0.4, 0.5) is 0 Å². The summed E-state index contributed by atoms with van der Waals surface area (Å²) in [5.41, 5.74) is 0. The third-order valence-electron chi connectivity index (χ3n) is 0.939. The molecular formula is C9H16Cl2Ti. The Labute approximate surface area is 104 Å².